The third-order valence-electron chi connectivity index (χ3n) is 5.14. The Kier molecular flexibility index (Phi) is 7.44. The van der Waals surface area contributed by atoms with Gasteiger partial charge in [0.25, 0.3) is 0 Å². The van der Waals surface area contributed by atoms with Crippen LogP contribution in [0.2, 0.25) is 5.15 Å². The van der Waals surface area contributed by atoms with Crippen molar-refractivity contribution < 1.29 is 19.1 Å². The molecule has 0 aromatic carbocycles. The molecule has 3 aromatic heterocycles. The fraction of sp³-hybridized carbons (Fsp3) is 0.435. The highest BCUT2D eigenvalue weighted by Gasteiger charge is 2.44. The van der Waals surface area contributed by atoms with Crippen LogP contribution in [0, 0.1) is 11.8 Å². The van der Waals surface area contributed by atoms with Crippen LogP contribution in [0.25, 0.3) is 22.7 Å². The molecule has 0 radical (unpaired) electrons. The molecule has 3 aromatic rings. The summed E-state index contributed by atoms with van der Waals surface area (Å²) in [6.45, 7) is 4.76. The molecule has 178 valence electrons. The number of rotatable bonds is 6. The molecule has 0 bridgehead atoms. The van der Waals surface area contributed by atoms with Gasteiger partial charge in [-0.25, -0.2) is 15.0 Å². The van der Waals surface area contributed by atoms with Gasteiger partial charge in [-0.15, -0.1) is 11.8 Å². The summed E-state index contributed by atoms with van der Waals surface area (Å²) < 4.78 is 12.9. The van der Waals surface area contributed by atoms with E-state index in [-0.39, 0.29) is 11.0 Å². The maximum Gasteiger partial charge on any atom is 0.303 e. The smallest absolute Gasteiger partial charge is 0.303 e. The summed E-state index contributed by atoms with van der Waals surface area (Å²) in [4.78, 5) is 40.5. The fourth-order valence-electron chi connectivity index (χ4n) is 3.73. The molecule has 4 heterocycles. The van der Waals surface area contributed by atoms with E-state index in [0.29, 0.717) is 22.7 Å². The molecule has 1 fully saturated rings. The number of hydrogen-bond donors (Lipinski definition) is 1. The summed E-state index contributed by atoms with van der Waals surface area (Å²) in [5, 5.41) is -0.289. The number of ether oxygens (including phenoxy) is 2. The SMILES string of the molecule is CCCCC#Cc1nc(Cl)c2nc(-c3ccc[nH]3)n([C@@H]3SC[C@@H](OC(C)=O)[C@H]3OC(C)=O)c2n1. The van der Waals surface area contributed by atoms with Crippen molar-refractivity contribution in [2.45, 2.75) is 57.6 Å². The van der Waals surface area contributed by atoms with Gasteiger partial charge in [0, 0.05) is 32.2 Å². The third kappa shape index (κ3) is 5.05. The van der Waals surface area contributed by atoms with E-state index in [0.717, 1.165) is 25.0 Å². The van der Waals surface area contributed by atoms with Crippen molar-refractivity contribution in [3.63, 3.8) is 0 Å². The van der Waals surface area contributed by atoms with E-state index in [4.69, 9.17) is 26.1 Å². The van der Waals surface area contributed by atoms with Crippen LogP contribution in [0.3, 0.4) is 0 Å². The number of nitrogens with one attached hydrogen (secondary N) is 1. The van der Waals surface area contributed by atoms with Crippen molar-refractivity contribution in [3.8, 4) is 23.4 Å². The van der Waals surface area contributed by atoms with Gasteiger partial charge in [0.05, 0.1) is 5.69 Å². The Bertz CT molecular complexity index is 1260. The molecule has 4 rings (SSSR count). The summed E-state index contributed by atoms with van der Waals surface area (Å²) in [5.74, 6) is 6.42. The van der Waals surface area contributed by atoms with Crippen molar-refractivity contribution in [1.82, 2.24) is 24.5 Å². The van der Waals surface area contributed by atoms with E-state index < -0.39 is 29.5 Å². The number of thioether (sulfide) groups is 1. The topological polar surface area (TPSA) is 112 Å². The monoisotopic (exact) mass is 501 g/mol. The number of imidazole rings is 1. The van der Waals surface area contributed by atoms with E-state index >= 15 is 0 Å². The predicted octanol–water partition coefficient (Wildman–Crippen LogP) is 4.13. The Morgan fingerprint density at radius 3 is 2.74 bits per heavy atom. The van der Waals surface area contributed by atoms with Crippen molar-refractivity contribution >= 4 is 46.5 Å². The van der Waals surface area contributed by atoms with Gasteiger partial charge < -0.3 is 14.5 Å². The molecule has 0 amide bonds. The highest BCUT2D eigenvalue weighted by atomic mass is 35.5. The number of carbonyl (C=O) groups is 2. The zero-order chi connectivity index (χ0) is 24.2. The van der Waals surface area contributed by atoms with Gasteiger partial charge >= 0.3 is 11.9 Å². The lowest BCUT2D eigenvalue weighted by atomic mass is 10.2. The van der Waals surface area contributed by atoms with E-state index in [2.05, 4.69) is 33.7 Å². The van der Waals surface area contributed by atoms with Crippen LogP contribution >= 0.6 is 23.4 Å². The molecule has 3 atom stereocenters. The van der Waals surface area contributed by atoms with Crippen LogP contribution in [0.1, 0.15) is 51.2 Å². The summed E-state index contributed by atoms with van der Waals surface area (Å²) in [7, 11) is 0. The number of carbonyl (C=O) groups excluding carboxylic acids is 2. The Morgan fingerprint density at radius 2 is 2.06 bits per heavy atom. The van der Waals surface area contributed by atoms with Crippen LogP contribution in [0.15, 0.2) is 18.3 Å². The standard InChI is InChI=1S/C23H24ClN5O4S/c1-4-5-6-7-10-17-26-20(24)18-22(27-17)29(21(28-18)15-9-8-11-25-15)23-19(33-14(3)31)16(12-34-23)32-13(2)30/h8-9,11,16,19,23,25H,4-6,12H2,1-3H3/t16-,19-,23-/m1/s1. The van der Waals surface area contributed by atoms with Crippen molar-refractivity contribution in [3.05, 3.63) is 29.3 Å². The average molecular weight is 502 g/mol. The minimum atomic E-state index is -0.745. The quantitative estimate of drug-likeness (QED) is 0.232. The Labute approximate surface area is 206 Å². The Balaban J connectivity index is 1.87. The molecule has 1 aliphatic rings. The predicted molar refractivity (Wildman–Crippen MR) is 129 cm³/mol. The largest absolute Gasteiger partial charge is 0.458 e. The maximum atomic E-state index is 11.9. The normalized spacial score (nSPS) is 19.6. The van der Waals surface area contributed by atoms with E-state index in [1.807, 2.05) is 16.7 Å². The lowest BCUT2D eigenvalue weighted by molar-refractivity contribution is -0.163. The first-order chi connectivity index (χ1) is 16.4. The number of H-pyrrole nitrogens is 1. The van der Waals surface area contributed by atoms with Gasteiger partial charge in [-0.1, -0.05) is 30.9 Å². The molecule has 11 heteroatoms. The molecular weight excluding hydrogens is 478 g/mol. The molecule has 1 aliphatic heterocycles. The van der Waals surface area contributed by atoms with Gasteiger partial charge in [0.15, 0.2) is 28.8 Å². The van der Waals surface area contributed by atoms with Crippen LogP contribution in [0.4, 0.5) is 0 Å². The number of nitrogens with zero attached hydrogens (tertiary/aromatic N) is 4. The molecule has 1 N–H and O–H groups in total. The molecule has 1 saturated heterocycles. The zero-order valence-electron chi connectivity index (χ0n) is 19.0. The summed E-state index contributed by atoms with van der Waals surface area (Å²) in [5.41, 5.74) is 1.59. The number of unbranched alkanes of at least 4 members (excludes halogenated alkanes) is 2. The van der Waals surface area contributed by atoms with Gasteiger partial charge in [0.2, 0.25) is 5.82 Å². The number of halogens is 1. The first-order valence-electron chi connectivity index (χ1n) is 10.9. The average Bonchev–Trinajstić information content (AvgIpc) is 3.50. The second-order valence-corrected chi connectivity index (χ2v) is 9.26. The van der Waals surface area contributed by atoms with Gasteiger partial charge in [-0.2, -0.15) is 0 Å². The number of aromatic amines is 1. The van der Waals surface area contributed by atoms with Crippen LogP contribution in [0.5, 0.6) is 0 Å². The first kappa shape index (κ1) is 24.1. The highest BCUT2D eigenvalue weighted by molar-refractivity contribution is 7.99. The number of hydrogen-bond acceptors (Lipinski definition) is 8. The summed E-state index contributed by atoms with van der Waals surface area (Å²) in [6.07, 6.45) is 3.18. The molecular formula is C23H24ClN5O4S. The lowest BCUT2D eigenvalue weighted by Crippen LogP contribution is -2.36. The zero-order valence-corrected chi connectivity index (χ0v) is 20.6. The van der Waals surface area contributed by atoms with E-state index in [1.54, 1.807) is 6.20 Å². The first-order valence-corrected chi connectivity index (χ1v) is 12.4. The minimum Gasteiger partial charge on any atom is -0.458 e. The van der Waals surface area contributed by atoms with Crippen LogP contribution < -0.4 is 0 Å². The van der Waals surface area contributed by atoms with Gasteiger partial charge in [-0.3, -0.25) is 14.2 Å². The van der Waals surface area contributed by atoms with Gasteiger partial charge in [0.1, 0.15) is 10.9 Å². The van der Waals surface area contributed by atoms with Crippen LogP contribution in [-0.2, 0) is 19.1 Å². The summed E-state index contributed by atoms with van der Waals surface area (Å²) in [6, 6.07) is 3.72. The van der Waals surface area contributed by atoms with Crippen molar-refractivity contribution in [2.24, 2.45) is 0 Å². The lowest BCUT2D eigenvalue weighted by Gasteiger charge is -2.25. The number of aromatic nitrogens is 5. The fourth-order valence-corrected chi connectivity index (χ4v) is 5.35. The third-order valence-corrected chi connectivity index (χ3v) is 6.75. The van der Waals surface area contributed by atoms with E-state index in [1.165, 1.54) is 25.6 Å². The van der Waals surface area contributed by atoms with Crippen molar-refractivity contribution in [2.75, 3.05) is 5.75 Å². The Morgan fingerprint density at radius 1 is 1.26 bits per heavy atom. The number of fused-ring (bicyclic) bond motifs is 1. The second-order valence-electron chi connectivity index (χ2n) is 7.75. The minimum absolute atomic E-state index is 0.180. The molecule has 9 nitrogen and oxygen atoms in total. The highest BCUT2D eigenvalue weighted by Crippen LogP contribution is 2.44. The number of esters is 2. The van der Waals surface area contributed by atoms with E-state index in [9.17, 15) is 9.59 Å². The molecule has 0 aliphatic carbocycles. The summed E-state index contributed by atoms with van der Waals surface area (Å²) >= 11 is 7.99. The molecule has 34 heavy (non-hydrogen) atoms. The van der Waals surface area contributed by atoms with Crippen LogP contribution in [-0.4, -0.2) is 54.4 Å². The second kappa shape index (κ2) is 10.5. The molecule has 0 unspecified atom stereocenters. The maximum absolute atomic E-state index is 11.9. The Hall–Kier alpha value is -3.03. The molecule has 0 saturated carbocycles. The van der Waals surface area contributed by atoms with Crippen molar-refractivity contribution in [1.29, 1.82) is 0 Å². The molecule has 0 spiro atoms. The van der Waals surface area contributed by atoms with Gasteiger partial charge in [-0.05, 0) is 24.5 Å².